The minimum atomic E-state index is -0.504. The van der Waals surface area contributed by atoms with Crippen molar-refractivity contribution in [1.82, 2.24) is 0 Å². The second-order valence-corrected chi connectivity index (χ2v) is 7.72. The van der Waals surface area contributed by atoms with Gasteiger partial charge in [-0.3, -0.25) is 4.79 Å². The summed E-state index contributed by atoms with van der Waals surface area (Å²) in [6.45, 7) is 8.77. The number of hydrogen-bond acceptors (Lipinski definition) is 7. The van der Waals surface area contributed by atoms with Crippen LogP contribution in [-0.4, -0.2) is 24.5 Å². The van der Waals surface area contributed by atoms with Gasteiger partial charge < -0.3 is 18.9 Å². The van der Waals surface area contributed by atoms with Crippen LogP contribution in [0.15, 0.2) is 92.0 Å². The van der Waals surface area contributed by atoms with Crippen molar-refractivity contribution in [2.45, 2.75) is 20.0 Å². The van der Waals surface area contributed by atoms with Crippen molar-refractivity contribution >= 4 is 17.7 Å². The molecule has 0 saturated carbocycles. The first-order valence-corrected chi connectivity index (χ1v) is 11.1. The molecular formula is C29H26O7. The van der Waals surface area contributed by atoms with E-state index in [-0.39, 0.29) is 25.6 Å². The number of rotatable bonds is 12. The Morgan fingerprint density at radius 3 is 2.11 bits per heavy atom. The lowest BCUT2D eigenvalue weighted by molar-refractivity contribution is -0.139. The Kier molecular flexibility index (Phi) is 9.17. The lowest BCUT2D eigenvalue weighted by Gasteiger charge is -2.12. The molecule has 7 nitrogen and oxygen atoms in total. The van der Waals surface area contributed by atoms with Gasteiger partial charge in [0, 0.05) is 12.5 Å². The van der Waals surface area contributed by atoms with E-state index in [1.807, 2.05) is 6.92 Å². The molecule has 0 radical (unpaired) electrons. The van der Waals surface area contributed by atoms with Crippen LogP contribution in [-0.2, 0) is 27.4 Å². The van der Waals surface area contributed by atoms with Gasteiger partial charge >= 0.3 is 11.9 Å². The van der Waals surface area contributed by atoms with E-state index in [1.54, 1.807) is 66.7 Å². The lowest BCUT2D eigenvalue weighted by atomic mass is 10.1. The van der Waals surface area contributed by atoms with Crippen LogP contribution in [0.2, 0.25) is 0 Å². The molecule has 0 aromatic heterocycles. The first-order valence-electron chi connectivity index (χ1n) is 11.1. The Labute approximate surface area is 209 Å². The summed E-state index contributed by atoms with van der Waals surface area (Å²) in [5, 5.41) is 0. The molecule has 0 fully saturated rings. The average Bonchev–Trinajstić information content (AvgIpc) is 2.89. The van der Waals surface area contributed by atoms with Gasteiger partial charge in [0.15, 0.2) is 5.78 Å². The first kappa shape index (κ1) is 26.0. The van der Waals surface area contributed by atoms with Crippen LogP contribution in [0, 0.1) is 6.92 Å². The van der Waals surface area contributed by atoms with Gasteiger partial charge in [0.05, 0.1) is 5.56 Å². The third-order valence-corrected chi connectivity index (χ3v) is 5.06. The Balaban J connectivity index is 1.49. The quantitative estimate of drug-likeness (QED) is 0.151. The van der Waals surface area contributed by atoms with E-state index < -0.39 is 11.9 Å². The summed E-state index contributed by atoms with van der Waals surface area (Å²) in [6, 6.07) is 18.8. The third kappa shape index (κ3) is 7.70. The van der Waals surface area contributed by atoms with Crippen molar-refractivity contribution in [3.63, 3.8) is 0 Å². The number of ether oxygens (including phenoxy) is 4. The highest BCUT2D eigenvalue weighted by molar-refractivity contribution is 5.92. The zero-order chi connectivity index (χ0) is 25.9. The topological polar surface area (TPSA) is 88.1 Å². The third-order valence-electron chi connectivity index (χ3n) is 5.06. The van der Waals surface area contributed by atoms with Crippen molar-refractivity contribution in [2.75, 3.05) is 6.79 Å². The normalized spacial score (nSPS) is 10.1. The molecule has 0 bridgehead atoms. The molecule has 0 atom stereocenters. The Morgan fingerprint density at radius 1 is 0.806 bits per heavy atom. The van der Waals surface area contributed by atoms with Gasteiger partial charge in [-0.15, -0.1) is 0 Å². The highest BCUT2D eigenvalue weighted by Gasteiger charge is 2.11. The molecule has 0 amide bonds. The summed E-state index contributed by atoms with van der Waals surface area (Å²) in [4.78, 5) is 35.0. The van der Waals surface area contributed by atoms with Crippen molar-refractivity contribution in [2.24, 2.45) is 0 Å². The molecule has 7 heteroatoms. The number of esters is 2. The maximum atomic E-state index is 12.5. The molecule has 0 aliphatic heterocycles. The minimum Gasteiger partial charge on any atom is -0.458 e. The minimum absolute atomic E-state index is 0.0223. The fourth-order valence-electron chi connectivity index (χ4n) is 3.10. The molecular weight excluding hydrogens is 460 g/mol. The number of hydrogen-bond donors (Lipinski definition) is 0. The molecule has 0 aliphatic carbocycles. The van der Waals surface area contributed by atoms with Crippen LogP contribution < -0.4 is 14.2 Å². The van der Waals surface area contributed by atoms with Crippen molar-refractivity contribution in [3.05, 3.63) is 114 Å². The SMILES string of the molecule is C=CC(=O)Cc1ccc(C(=O)Oc2ccc(OCOc3ccc(COC(=O)C=C)cc3)c(C)c2)cc1. The first-order chi connectivity index (χ1) is 17.4. The molecule has 0 aliphatic rings. The maximum absolute atomic E-state index is 12.5. The van der Waals surface area contributed by atoms with Crippen LogP contribution in [0.25, 0.3) is 0 Å². The van der Waals surface area contributed by atoms with Gasteiger partial charge in [-0.2, -0.15) is 0 Å². The molecule has 3 aromatic rings. The molecule has 0 heterocycles. The second kappa shape index (κ2) is 12.7. The largest absolute Gasteiger partial charge is 0.458 e. The Hall–Kier alpha value is -4.65. The van der Waals surface area contributed by atoms with Crippen LogP contribution >= 0.6 is 0 Å². The van der Waals surface area contributed by atoms with Crippen molar-refractivity contribution in [3.8, 4) is 17.2 Å². The fraction of sp³-hybridized carbons (Fsp3) is 0.138. The number of aryl methyl sites for hydroxylation is 1. The molecule has 184 valence electrons. The van der Waals surface area contributed by atoms with Gasteiger partial charge in [0.25, 0.3) is 0 Å². The standard InChI is InChI=1S/C29H26O7/c1-4-24(30)17-21-6-10-23(11-7-21)29(32)36-26-14-15-27(20(3)16-26)35-19-34-25-12-8-22(9-13-25)18-33-28(31)5-2/h4-16H,1-2,17-19H2,3H3. The summed E-state index contributed by atoms with van der Waals surface area (Å²) in [6.07, 6.45) is 2.62. The van der Waals surface area contributed by atoms with E-state index in [2.05, 4.69) is 13.2 Å². The zero-order valence-corrected chi connectivity index (χ0v) is 19.9. The van der Waals surface area contributed by atoms with Crippen molar-refractivity contribution < 1.29 is 33.3 Å². The van der Waals surface area contributed by atoms with Crippen LogP contribution in [0.4, 0.5) is 0 Å². The van der Waals surface area contributed by atoms with E-state index in [9.17, 15) is 14.4 Å². The smallest absolute Gasteiger partial charge is 0.343 e. The number of benzene rings is 3. The van der Waals surface area contributed by atoms with E-state index >= 15 is 0 Å². The summed E-state index contributed by atoms with van der Waals surface area (Å²) >= 11 is 0. The van der Waals surface area contributed by atoms with Gasteiger partial charge in [-0.1, -0.05) is 37.4 Å². The summed E-state index contributed by atoms with van der Waals surface area (Å²) in [5.74, 6) is 0.485. The molecule has 3 rings (SSSR count). The Morgan fingerprint density at radius 2 is 1.47 bits per heavy atom. The number of ketones is 1. The number of allylic oxidation sites excluding steroid dienone is 1. The molecule has 0 spiro atoms. The summed E-state index contributed by atoms with van der Waals surface area (Å²) in [7, 11) is 0. The highest BCUT2D eigenvalue weighted by atomic mass is 16.7. The van der Waals surface area contributed by atoms with Gasteiger partial charge in [-0.25, -0.2) is 9.59 Å². The number of carbonyl (C=O) groups is 3. The monoisotopic (exact) mass is 486 g/mol. The van der Waals surface area contributed by atoms with Gasteiger partial charge in [-0.05, 0) is 72.2 Å². The molecule has 0 unspecified atom stereocenters. The molecule has 0 N–H and O–H groups in total. The van der Waals surface area contributed by atoms with E-state index in [4.69, 9.17) is 18.9 Å². The predicted octanol–water partition coefficient (Wildman–Crippen LogP) is 5.16. The Bertz CT molecular complexity index is 1240. The van der Waals surface area contributed by atoms with E-state index in [1.165, 1.54) is 6.08 Å². The summed E-state index contributed by atoms with van der Waals surface area (Å²) in [5.41, 5.74) is 2.75. The number of carbonyl (C=O) groups excluding carboxylic acids is 3. The predicted molar refractivity (Wildman–Crippen MR) is 134 cm³/mol. The van der Waals surface area contributed by atoms with E-state index in [0.29, 0.717) is 22.8 Å². The van der Waals surface area contributed by atoms with Crippen molar-refractivity contribution in [1.29, 1.82) is 0 Å². The van der Waals surface area contributed by atoms with Crippen LogP contribution in [0.1, 0.15) is 27.0 Å². The van der Waals surface area contributed by atoms with Gasteiger partial charge in [0.2, 0.25) is 6.79 Å². The molecule has 36 heavy (non-hydrogen) atoms. The fourth-order valence-corrected chi connectivity index (χ4v) is 3.10. The summed E-state index contributed by atoms with van der Waals surface area (Å²) < 4.78 is 21.7. The molecule has 3 aromatic carbocycles. The van der Waals surface area contributed by atoms with E-state index in [0.717, 1.165) is 22.8 Å². The highest BCUT2D eigenvalue weighted by Crippen LogP contribution is 2.24. The average molecular weight is 487 g/mol. The van der Waals surface area contributed by atoms with Gasteiger partial charge in [0.1, 0.15) is 23.9 Å². The maximum Gasteiger partial charge on any atom is 0.343 e. The second-order valence-electron chi connectivity index (χ2n) is 7.72. The van der Waals surface area contributed by atoms with Crippen LogP contribution in [0.3, 0.4) is 0 Å². The lowest BCUT2D eigenvalue weighted by Crippen LogP contribution is -2.10. The molecule has 0 saturated heterocycles. The zero-order valence-electron chi connectivity index (χ0n) is 19.9. The van der Waals surface area contributed by atoms with Crippen LogP contribution in [0.5, 0.6) is 17.2 Å².